The molecule has 0 radical (unpaired) electrons. The second-order valence-electron chi connectivity index (χ2n) is 9.10. The van der Waals surface area contributed by atoms with E-state index in [9.17, 15) is 13.2 Å². The molecule has 2 aromatic carbocycles. The van der Waals surface area contributed by atoms with Gasteiger partial charge in [-0.1, -0.05) is 32.9 Å². The predicted octanol–water partition coefficient (Wildman–Crippen LogP) is 3.44. The first kappa shape index (κ1) is 21.5. The molecule has 0 unspecified atom stereocenters. The summed E-state index contributed by atoms with van der Waals surface area (Å²) in [7, 11) is -3.59. The molecule has 1 aliphatic heterocycles. The van der Waals surface area contributed by atoms with E-state index < -0.39 is 10.0 Å². The molecule has 0 atom stereocenters. The molecule has 0 aliphatic carbocycles. The maximum absolute atomic E-state index is 12.8. The highest BCUT2D eigenvalue weighted by Crippen LogP contribution is 2.24. The lowest BCUT2D eigenvalue weighted by Gasteiger charge is -2.32. The summed E-state index contributed by atoms with van der Waals surface area (Å²) in [6, 6.07) is 12.3. The number of rotatable bonds is 4. The van der Waals surface area contributed by atoms with Crippen LogP contribution in [0.15, 0.2) is 53.7 Å². The van der Waals surface area contributed by atoms with Crippen molar-refractivity contribution in [2.24, 2.45) is 0 Å². The van der Waals surface area contributed by atoms with Crippen molar-refractivity contribution < 1.29 is 13.2 Å². The van der Waals surface area contributed by atoms with Crippen molar-refractivity contribution in [3.63, 3.8) is 0 Å². The number of hydrogen-bond acceptors (Lipinski definition) is 4. The number of hydrogen-bond donors (Lipinski definition) is 2. The fourth-order valence-corrected chi connectivity index (χ4v) is 5.18. The number of piperidine rings is 1. The quantitative estimate of drug-likeness (QED) is 0.650. The third kappa shape index (κ3) is 4.65. The zero-order chi connectivity index (χ0) is 22.2. The first-order valence-corrected chi connectivity index (χ1v) is 12.0. The largest absolute Gasteiger partial charge is 0.345 e. The van der Waals surface area contributed by atoms with Crippen LogP contribution in [0, 0.1) is 0 Å². The molecule has 164 valence electrons. The molecule has 0 saturated carbocycles. The van der Waals surface area contributed by atoms with Crippen LogP contribution in [0.3, 0.4) is 0 Å². The zero-order valence-electron chi connectivity index (χ0n) is 18.1. The number of carbonyl (C=O) groups is 1. The van der Waals surface area contributed by atoms with Gasteiger partial charge in [0.15, 0.2) is 0 Å². The molecule has 1 amide bonds. The zero-order valence-corrected chi connectivity index (χ0v) is 18.9. The molecule has 1 fully saturated rings. The maximum Gasteiger partial charge on any atom is 0.253 e. The second-order valence-corrected chi connectivity index (χ2v) is 10.8. The fourth-order valence-electron chi connectivity index (χ4n) is 3.87. The second kappa shape index (κ2) is 8.09. The number of likely N-dealkylation sites (tertiary alicyclic amines) is 1. The van der Waals surface area contributed by atoms with Crippen molar-refractivity contribution >= 4 is 27.0 Å². The van der Waals surface area contributed by atoms with E-state index in [-0.39, 0.29) is 22.3 Å². The summed E-state index contributed by atoms with van der Waals surface area (Å²) >= 11 is 0. The molecule has 1 aliphatic rings. The summed E-state index contributed by atoms with van der Waals surface area (Å²) in [6.45, 7) is 7.30. The van der Waals surface area contributed by atoms with Gasteiger partial charge in [0.05, 0.1) is 22.3 Å². The summed E-state index contributed by atoms with van der Waals surface area (Å²) in [5, 5.41) is 0. The van der Waals surface area contributed by atoms with Crippen molar-refractivity contribution in [3.8, 4) is 0 Å². The molecular formula is C23H28N4O3S. The van der Waals surface area contributed by atoms with Crippen molar-refractivity contribution in [3.05, 3.63) is 59.9 Å². The van der Waals surface area contributed by atoms with Gasteiger partial charge < -0.3 is 9.88 Å². The standard InChI is InChI=1S/C23H28N4O3S/c1-23(2,3)17-5-7-19(8-6-17)31(29,30)26-18-10-12-27(13-11-18)22(28)16-4-9-20-21(14-16)25-15-24-20/h4-9,14-15,18,26H,10-13H2,1-3H3,(H,24,25). The van der Waals surface area contributed by atoms with E-state index in [0.29, 0.717) is 31.5 Å². The van der Waals surface area contributed by atoms with Gasteiger partial charge in [-0.15, -0.1) is 0 Å². The van der Waals surface area contributed by atoms with Crippen LogP contribution in [0.1, 0.15) is 49.5 Å². The molecule has 8 heteroatoms. The predicted molar refractivity (Wildman–Crippen MR) is 120 cm³/mol. The minimum Gasteiger partial charge on any atom is -0.345 e. The van der Waals surface area contributed by atoms with E-state index in [1.807, 2.05) is 18.2 Å². The summed E-state index contributed by atoms with van der Waals surface area (Å²) in [4.78, 5) is 22.1. The van der Waals surface area contributed by atoms with Gasteiger partial charge in [0.25, 0.3) is 5.91 Å². The molecule has 3 aromatic rings. The highest BCUT2D eigenvalue weighted by atomic mass is 32.2. The maximum atomic E-state index is 12.8. The molecule has 0 bridgehead atoms. The molecular weight excluding hydrogens is 412 g/mol. The van der Waals surface area contributed by atoms with Gasteiger partial charge in [0.1, 0.15) is 0 Å². The average Bonchev–Trinajstić information content (AvgIpc) is 3.21. The Morgan fingerprint density at radius 2 is 1.77 bits per heavy atom. The van der Waals surface area contributed by atoms with E-state index in [1.165, 1.54) is 0 Å². The van der Waals surface area contributed by atoms with Crippen LogP contribution in [0.25, 0.3) is 11.0 Å². The number of aromatic amines is 1. The van der Waals surface area contributed by atoms with Crippen LogP contribution in [0.4, 0.5) is 0 Å². The number of aromatic nitrogens is 2. The molecule has 0 spiro atoms. The minimum atomic E-state index is -3.59. The number of fused-ring (bicyclic) bond motifs is 1. The molecule has 1 saturated heterocycles. The molecule has 2 N–H and O–H groups in total. The van der Waals surface area contributed by atoms with E-state index in [4.69, 9.17) is 0 Å². The molecule has 4 rings (SSSR count). The first-order valence-electron chi connectivity index (χ1n) is 10.5. The van der Waals surface area contributed by atoms with E-state index >= 15 is 0 Å². The normalized spacial score (nSPS) is 16.0. The lowest BCUT2D eigenvalue weighted by Crippen LogP contribution is -2.46. The number of carbonyl (C=O) groups excluding carboxylic acids is 1. The Labute approximate surface area is 182 Å². The van der Waals surface area contributed by atoms with E-state index in [2.05, 4.69) is 35.5 Å². The Bertz CT molecular complexity index is 1190. The van der Waals surface area contributed by atoms with Gasteiger partial charge in [-0.25, -0.2) is 18.1 Å². The molecule has 1 aromatic heterocycles. The summed E-state index contributed by atoms with van der Waals surface area (Å²) in [5.74, 6) is -0.0458. The smallest absolute Gasteiger partial charge is 0.253 e. The van der Waals surface area contributed by atoms with Gasteiger partial charge in [-0.05, 0) is 54.2 Å². The van der Waals surface area contributed by atoms with Gasteiger partial charge in [0, 0.05) is 24.7 Å². The lowest BCUT2D eigenvalue weighted by molar-refractivity contribution is 0.0711. The Kier molecular flexibility index (Phi) is 5.61. The van der Waals surface area contributed by atoms with Crippen molar-refractivity contribution in [1.82, 2.24) is 19.6 Å². The third-order valence-electron chi connectivity index (χ3n) is 5.80. The fraction of sp³-hybridized carbons (Fsp3) is 0.391. The number of benzene rings is 2. The number of nitrogens with zero attached hydrogens (tertiary/aromatic N) is 2. The van der Waals surface area contributed by atoms with Crippen molar-refractivity contribution in [2.75, 3.05) is 13.1 Å². The van der Waals surface area contributed by atoms with Gasteiger partial charge in [-0.2, -0.15) is 0 Å². The van der Waals surface area contributed by atoms with Crippen LogP contribution in [-0.2, 0) is 15.4 Å². The summed E-state index contributed by atoms with van der Waals surface area (Å²) in [5.41, 5.74) is 3.31. The number of nitrogens with one attached hydrogen (secondary N) is 2. The van der Waals surface area contributed by atoms with E-state index in [0.717, 1.165) is 16.6 Å². The van der Waals surface area contributed by atoms with Crippen LogP contribution in [0.5, 0.6) is 0 Å². The average molecular weight is 441 g/mol. The minimum absolute atomic E-state index is 0.0307. The first-order chi connectivity index (χ1) is 14.6. The summed E-state index contributed by atoms with van der Waals surface area (Å²) < 4.78 is 28.4. The number of sulfonamides is 1. The van der Waals surface area contributed by atoms with Gasteiger partial charge >= 0.3 is 0 Å². The topological polar surface area (TPSA) is 95.2 Å². The van der Waals surface area contributed by atoms with Gasteiger partial charge in [0.2, 0.25) is 10.0 Å². The molecule has 2 heterocycles. The number of amides is 1. The Morgan fingerprint density at radius 3 is 2.42 bits per heavy atom. The highest BCUT2D eigenvalue weighted by Gasteiger charge is 2.27. The van der Waals surface area contributed by atoms with Crippen LogP contribution in [-0.4, -0.2) is 48.3 Å². The Balaban J connectivity index is 1.37. The van der Waals surface area contributed by atoms with Crippen LogP contribution < -0.4 is 4.72 Å². The van der Waals surface area contributed by atoms with E-state index in [1.54, 1.807) is 35.5 Å². The van der Waals surface area contributed by atoms with Crippen molar-refractivity contribution in [1.29, 1.82) is 0 Å². The number of H-pyrrole nitrogens is 1. The van der Waals surface area contributed by atoms with Crippen molar-refractivity contribution in [2.45, 2.75) is 50.0 Å². The Morgan fingerprint density at radius 1 is 1.10 bits per heavy atom. The number of imidazole rings is 1. The molecule has 7 nitrogen and oxygen atoms in total. The monoisotopic (exact) mass is 440 g/mol. The van der Waals surface area contributed by atoms with Gasteiger partial charge in [-0.3, -0.25) is 4.79 Å². The highest BCUT2D eigenvalue weighted by molar-refractivity contribution is 7.89. The lowest BCUT2D eigenvalue weighted by atomic mass is 9.87. The van der Waals surface area contributed by atoms with Crippen LogP contribution >= 0.6 is 0 Å². The Hall–Kier alpha value is -2.71. The van der Waals surface area contributed by atoms with Crippen LogP contribution in [0.2, 0.25) is 0 Å². The third-order valence-corrected chi connectivity index (χ3v) is 7.34. The molecule has 31 heavy (non-hydrogen) atoms. The SMILES string of the molecule is CC(C)(C)c1ccc(S(=O)(=O)NC2CCN(C(=O)c3ccc4nc[nH]c4c3)CC2)cc1. The summed E-state index contributed by atoms with van der Waals surface area (Å²) in [6.07, 6.45) is 2.77.